The van der Waals surface area contributed by atoms with Gasteiger partial charge in [-0.3, -0.25) is 4.79 Å². The Morgan fingerprint density at radius 1 is 0.973 bits per heavy atom. The summed E-state index contributed by atoms with van der Waals surface area (Å²) >= 11 is 0. The van der Waals surface area contributed by atoms with Gasteiger partial charge >= 0.3 is 0 Å². The van der Waals surface area contributed by atoms with E-state index in [0.29, 0.717) is 12.2 Å². The zero-order chi connectivity index (χ0) is 27.4. The molecule has 0 amide bonds. The molecule has 0 aliphatic heterocycles. The number of hydrogen-bond donors (Lipinski definition) is 2. The molecule has 0 radical (unpaired) electrons. The predicted molar refractivity (Wildman–Crippen MR) is 143 cm³/mol. The first-order valence-electron chi connectivity index (χ1n) is 14.5. The van der Waals surface area contributed by atoms with Gasteiger partial charge in [-0.2, -0.15) is 0 Å². The van der Waals surface area contributed by atoms with Crippen LogP contribution >= 0.6 is 0 Å². The molecule has 37 heavy (non-hydrogen) atoms. The van der Waals surface area contributed by atoms with Gasteiger partial charge in [-0.05, 0) is 84.4 Å². The molecule has 9 atom stereocenters. The lowest BCUT2D eigenvalue weighted by atomic mass is 9.31. The minimum atomic E-state index is -0.793. The Kier molecular flexibility index (Phi) is 5.86. The first kappa shape index (κ1) is 27.1. The average Bonchev–Trinajstić information content (AvgIpc) is 2.82. The maximum absolute atomic E-state index is 14.5. The molecule has 4 saturated carbocycles. The molecule has 204 valence electrons. The summed E-state index contributed by atoms with van der Waals surface area (Å²) in [6, 6.07) is 0. The number of aliphatic hydroxyl groups is 2. The van der Waals surface area contributed by atoms with Crippen molar-refractivity contribution in [2.45, 2.75) is 106 Å². The number of fused-ring (bicyclic) bond motifs is 7. The van der Waals surface area contributed by atoms with Crippen LogP contribution in [0.25, 0.3) is 4.85 Å². The van der Waals surface area contributed by atoms with Crippen molar-refractivity contribution in [3.8, 4) is 0 Å². The summed E-state index contributed by atoms with van der Waals surface area (Å²) in [5, 5.41) is 21.3. The molecular formula is C32H47NO4. The molecule has 0 aromatic rings. The fourth-order valence-corrected chi connectivity index (χ4v) is 11.1. The van der Waals surface area contributed by atoms with E-state index in [1.165, 1.54) is 0 Å². The second-order valence-corrected chi connectivity index (χ2v) is 15.6. The number of nitrogens with zero attached hydrogens (tertiary/aromatic N) is 1. The molecule has 0 heterocycles. The van der Waals surface area contributed by atoms with Gasteiger partial charge in [0.05, 0.1) is 19.3 Å². The first-order chi connectivity index (χ1) is 17.0. The maximum Gasteiger partial charge on any atom is 0.226 e. The van der Waals surface area contributed by atoms with Crippen molar-refractivity contribution in [2.75, 3.05) is 6.61 Å². The SMILES string of the molecule is [C-]#[N+]C1=C[C@]2(C)[C@H]3CC(=O)[C@@H]4[C@@H]5CC(C)(C)CC[C@]5(C(O)CO)CC[C@@]4(C)[C@]3(C)CC[C@H]2C(C)(C)C1=O. The van der Waals surface area contributed by atoms with E-state index in [1.54, 1.807) is 0 Å². The van der Waals surface area contributed by atoms with Crippen LogP contribution in [0, 0.1) is 62.7 Å². The van der Waals surface area contributed by atoms with E-state index in [9.17, 15) is 19.8 Å². The Balaban J connectivity index is 1.64. The molecule has 5 aliphatic rings. The van der Waals surface area contributed by atoms with Gasteiger partial charge in [-0.25, -0.2) is 4.85 Å². The largest absolute Gasteiger partial charge is 0.394 e. The number of hydrogen-bond acceptors (Lipinski definition) is 4. The lowest BCUT2D eigenvalue weighted by molar-refractivity contribution is -0.236. The van der Waals surface area contributed by atoms with E-state index in [2.05, 4.69) is 39.5 Å². The molecule has 0 spiro atoms. The van der Waals surface area contributed by atoms with Crippen LogP contribution in [0.4, 0.5) is 0 Å². The van der Waals surface area contributed by atoms with Crippen LogP contribution in [0.1, 0.15) is 99.8 Å². The highest BCUT2D eigenvalue weighted by atomic mass is 16.3. The lowest BCUT2D eigenvalue weighted by Gasteiger charge is -2.72. The van der Waals surface area contributed by atoms with Crippen LogP contribution in [-0.2, 0) is 9.59 Å². The first-order valence-corrected chi connectivity index (χ1v) is 14.5. The van der Waals surface area contributed by atoms with Gasteiger partial charge in [-0.15, -0.1) is 0 Å². The second-order valence-electron chi connectivity index (χ2n) is 15.6. The summed E-state index contributed by atoms with van der Waals surface area (Å²) in [5.74, 6) is 0.360. The molecule has 5 rings (SSSR count). The highest BCUT2D eigenvalue weighted by Gasteiger charge is 2.72. The average molecular weight is 510 g/mol. The molecule has 0 saturated heterocycles. The van der Waals surface area contributed by atoms with Gasteiger partial charge in [0.25, 0.3) is 0 Å². The predicted octanol–water partition coefficient (Wildman–Crippen LogP) is 5.99. The third kappa shape index (κ3) is 3.27. The fraction of sp³-hybridized carbons (Fsp3) is 0.844. The van der Waals surface area contributed by atoms with E-state index in [0.717, 1.165) is 44.9 Å². The number of carbonyl (C=O) groups excluding carboxylic acids is 2. The number of rotatable bonds is 2. The zero-order valence-corrected chi connectivity index (χ0v) is 24.0. The Labute approximate surface area is 223 Å². The van der Waals surface area contributed by atoms with E-state index >= 15 is 0 Å². The summed E-state index contributed by atoms with van der Waals surface area (Å²) in [6.45, 7) is 23.1. The highest BCUT2D eigenvalue weighted by molar-refractivity contribution is 6.02. The van der Waals surface area contributed by atoms with Crippen LogP contribution in [0.3, 0.4) is 0 Å². The summed E-state index contributed by atoms with van der Waals surface area (Å²) in [7, 11) is 0. The molecule has 2 N–H and O–H groups in total. The highest BCUT2D eigenvalue weighted by Crippen LogP contribution is 2.76. The minimum absolute atomic E-state index is 0.0512. The molecule has 0 aromatic carbocycles. The third-order valence-electron chi connectivity index (χ3n) is 13.4. The van der Waals surface area contributed by atoms with Crippen molar-refractivity contribution in [1.29, 1.82) is 0 Å². The third-order valence-corrected chi connectivity index (χ3v) is 13.4. The summed E-state index contributed by atoms with van der Waals surface area (Å²) in [6.07, 6.45) is 8.01. The Hall–Kier alpha value is -1.51. The smallest absolute Gasteiger partial charge is 0.226 e. The molecule has 0 bridgehead atoms. The van der Waals surface area contributed by atoms with Crippen molar-refractivity contribution in [2.24, 2.45) is 56.2 Å². The van der Waals surface area contributed by atoms with Gasteiger partial charge < -0.3 is 15.0 Å². The van der Waals surface area contributed by atoms with Crippen molar-refractivity contribution in [3.05, 3.63) is 23.2 Å². The standard InChI is InChI=1S/C32H47NO4/c1-27(2)11-13-32(24(36)18-34)14-12-31(7)25(19(32)16-27)21(35)15-23-29(5)17-20(33-8)26(37)28(3,4)22(29)9-10-30(23,31)6/h17,19,22-25,34,36H,9-16,18H2,1-7H3/t19-,22-,23+,24?,25-,29-,30+,31+,32-/m0/s1. The van der Waals surface area contributed by atoms with Crippen LogP contribution < -0.4 is 0 Å². The Bertz CT molecular complexity index is 1100. The summed E-state index contributed by atoms with van der Waals surface area (Å²) in [4.78, 5) is 31.3. The van der Waals surface area contributed by atoms with E-state index in [1.807, 2.05) is 19.9 Å². The number of carbonyl (C=O) groups is 2. The van der Waals surface area contributed by atoms with Gasteiger partial charge in [0.2, 0.25) is 5.70 Å². The zero-order valence-electron chi connectivity index (χ0n) is 24.0. The number of aliphatic hydroxyl groups excluding tert-OH is 2. The van der Waals surface area contributed by atoms with Gasteiger partial charge in [0.1, 0.15) is 5.78 Å². The fourth-order valence-electron chi connectivity index (χ4n) is 11.1. The molecule has 4 fully saturated rings. The summed E-state index contributed by atoms with van der Waals surface area (Å²) < 4.78 is 0. The Morgan fingerprint density at radius 2 is 1.62 bits per heavy atom. The maximum atomic E-state index is 14.5. The quantitative estimate of drug-likeness (QED) is 0.448. The number of ketones is 2. The van der Waals surface area contributed by atoms with E-state index in [-0.39, 0.29) is 63.4 Å². The topological polar surface area (TPSA) is 79.0 Å². The lowest BCUT2D eigenvalue weighted by Crippen LogP contribution is -2.69. The van der Waals surface area contributed by atoms with Gasteiger partial charge in [0.15, 0.2) is 5.78 Å². The number of allylic oxidation sites excluding steroid dienone is 2. The van der Waals surface area contributed by atoms with Crippen LogP contribution in [0.15, 0.2) is 11.8 Å². The molecule has 5 heteroatoms. The molecule has 0 aromatic heterocycles. The molecule has 1 unspecified atom stereocenters. The van der Waals surface area contributed by atoms with Crippen LogP contribution in [0.5, 0.6) is 0 Å². The molecule has 5 aliphatic carbocycles. The van der Waals surface area contributed by atoms with E-state index in [4.69, 9.17) is 6.57 Å². The van der Waals surface area contributed by atoms with Crippen molar-refractivity contribution in [1.82, 2.24) is 0 Å². The normalized spacial score (nSPS) is 48.9. The Morgan fingerprint density at radius 3 is 2.24 bits per heavy atom. The molecule has 5 nitrogen and oxygen atoms in total. The molecular weight excluding hydrogens is 462 g/mol. The monoisotopic (exact) mass is 509 g/mol. The van der Waals surface area contributed by atoms with Gasteiger partial charge in [0, 0.05) is 23.2 Å². The van der Waals surface area contributed by atoms with Crippen LogP contribution in [-0.4, -0.2) is 34.5 Å². The van der Waals surface area contributed by atoms with Crippen LogP contribution in [0.2, 0.25) is 0 Å². The number of Topliss-reactive ketones (excluding diaryl/α,β-unsaturated/α-hetero) is 2. The van der Waals surface area contributed by atoms with Crippen molar-refractivity contribution < 1.29 is 19.8 Å². The van der Waals surface area contributed by atoms with Crippen molar-refractivity contribution in [3.63, 3.8) is 0 Å². The van der Waals surface area contributed by atoms with Gasteiger partial charge in [-0.1, -0.05) is 54.5 Å². The van der Waals surface area contributed by atoms with E-state index < -0.39 is 16.9 Å². The summed E-state index contributed by atoms with van der Waals surface area (Å²) in [5.41, 5.74) is -1.40. The van der Waals surface area contributed by atoms with Crippen molar-refractivity contribution >= 4 is 11.6 Å². The minimum Gasteiger partial charge on any atom is -0.394 e. The second kappa shape index (κ2) is 8.01.